The molecule has 9 heteroatoms. The van der Waals surface area contributed by atoms with Gasteiger partial charge in [0, 0.05) is 53.8 Å². The van der Waals surface area contributed by atoms with Crippen LogP contribution in [0.25, 0.3) is 5.57 Å². The van der Waals surface area contributed by atoms with Crippen LogP contribution in [0.1, 0.15) is 50.8 Å². The third kappa shape index (κ3) is 5.29. The van der Waals surface area contributed by atoms with Crippen LogP contribution >= 0.6 is 15.9 Å². The fourth-order valence-corrected chi connectivity index (χ4v) is 5.51. The van der Waals surface area contributed by atoms with E-state index in [4.69, 9.17) is 5.11 Å². The molecule has 40 heavy (non-hydrogen) atoms. The van der Waals surface area contributed by atoms with Crippen LogP contribution < -0.4 is 0 Å². The van der Waals surface area contributed by atoms with Gasteiger partial charge in [-0.15, -0.1) is 0 Å². The molecule has 2 aliphatic heterocycles. The molecule has 3 aromatic carbocycles. The summed E-state index contributed by atoms with van der Waals surface area (Å²) in [7, 11) is 0. The predicted octanol–water partition coefficient (Wildman–Crippen LogP) is 5.28. The molecule has 0 atom stereocenters. The number of nitrogens with zero attached hydrogens (tertiary/aromatic N) is 3. The Morgan fingerprint density at radius 2 is 1.40 bits per heavy atom. The largest absolute Gasteiger partial charge is 0.465 e. The van der Waals surface area contributed by atoms with Crippen LogP contribution in [0.3, 0.4) is 0 Å². The lowest BCUT2D eigenvalue weighted by molar-refractivity contribution is -0.116. The van der Waals surface area contributed by atoms with E-state index in [1.807, 2.05) is 48.5 Å². The second kappa shape index (κ2) is 11.5. The number of halogens is 1. The van der Waals surface area contributed by atoms with E-state index in [1.54, 1.807) is 41.0 Å². The zero-order valence-corrected chi connectivity index (χ0v) is 23.6. The van der Waals surface area contributed by atoms with E-state index in [-0.39, 0.29) is 43.7 Å². The Balaban J connectivity index is 1.48. The highest BCUT2D eigenvalue weighted by molar-refractivity contribution is 9.10. The van der Waals surface area contributed by atoms with Gasteiger partial charge in [-0.3, -0.25) is 19.3 Å². The Kier molecular flexibility index (Phi) is 7.84. The molecule has 0 aromatic heterocycles. The van der Waals surface area contributed by atoms with Crippen molar-refractivity contribution < 1.29 is 24.3 Å². The van der Waals surface area contributed by atoms with Gasteiger partial charge in [-0.2, -0.15) is 0 Å². The van der Waals surface area contributed by atoms with Gasteiger partial charge in [-0.05, 0) is 53.1 Å². The summed E-state index contributed by atoms with van der Waals surface area (Å²) in [5.74, 6) is -0.673. The molecule has 0 bridgehead atoms. The lowest BCUT2D eigenvalue weighted by Gasteiger charge is -2.34. The maximum atomic E-state index is 13.9. The minimum Gasteiger partial charge on any atom is -0.465 e. The molecule has 3 amide bonds. The van der Waals surface area contributed by atoms with E-state index in [0.29, 0.717) is 29.9 Å². The number of hydrogen-bond acceptors (Lipinski definition) is 4. The fourth-order valence-electron chi connectivity index (χ4n) is 5.15. The zero-order valence-electron chi connectivity index (χ0n) is 22.0. The van der Waals surface area contributed by atoms with Crippen molar-refractivity contribution in [2.75, 3.05) is 26.2 Å². The number of carboxylic acid groups (broad SMARTS) is 1. The molecule has 0 spiro atoms. The van der Waals surface area contributed by atoms with Crippen LogP contribution in [0.4, 0.5) is 4.79 Å². The Hall–Kier alpha value is -4.24. The van der Waals surface area contributed by atoms with Crippen LogP contribution in [-0.2, 0) is 11.3 Å². The number of allylic oxidation sites excluding steroid dienone is 1. The third-order valence-electron chi connectivity index (χ3n) is 7.29. The van der Waals surface area contributed by atoms with E-state index in [9.17, 15) is 19.2 Å². The van der Waals surface area contributed by atoms with Gasteiger partial charge in [0.1, 0.15) is 0 Å². The molecule has 2 heterocycles. The van der Waals surface area contributed by atoms with Gasteiger partial charge < -0.3 is 14.9 Å². The average molecular weight is 602 g/mol. The summed E-state index contributed by atoms with van der Waals surface area (Å²) in [6.45, 7) is 3.17. The normalized spacial score (nSPS) is 15.1. The summed E-state index contributed by atoms with van der Waals surface area (Å²) >= 11 is 3.55. The molecular formula is C31H28BrN3O5. The predicted molar refractivity (Wildman–Crippen MR) is 154 cm³/mol. The molecule has 0 aliphatic carbocycles. The number of amides is 3. The molecule has 0 radical (unpaired) electrons. The van der Waals surface area contributed by atoms with Gasteiger partial charge in [-0.1, -0.05) is 59.3 Å². The number of Topliss-reactive ketones (excluding diaryl/α,β-unsaturated/α-hetero) is 1. The van der Waals surface area contributed by atoms with Gasteiger partial charge in [0.05, 0.1) is 12.2 Å². The SMILES string of the molecule is CCC(=O)C1=C(c2ccccc2)c2cc(Br)ccc2CN1C(=O)c1ccc(C(=O)N2CCN(C(=O)O)CC2)cc1. The van der Waals surface area contributed by atoms with Crippen LogP contribution in [0.5, 0.6) is 0 Å². The average Bonchev–Trinajstić information content (AvgIpc) is 2.99. The molecule has 1 saturated heterocycles. The van der Waals surface area contributed by atoms with Gasteiger partial charge >= 0.3 is 6.09 Å². The first-order valence-corrected chi connectivity index (χ1v) is 13.9. The van der Waals surface area contributed by atoms with Crippen molar-refractivity contribution in [2.45, 2.75) is 19.9 Å². The summed E-state index contributed by atoms with van der Waals surface area (Å²) in [5, 5.41) is 9.15. The van der Waals surface area contributed by atoms with Crippen molar-refractivity contribution in [2.24, 2.45) is 0 Å². The Labute approximate surface area is 240 Å². The number of fused-ring (bicyclic) bond motifs is 1. The third-order valence-corrected chi connectivity index (χ3v) is 7.78. The van der Waals surface area contributed by atoms with E-state index in [0.717, 1.165) is 26.7 Å². The first-order chi connectivity index (χ1) is 19.3. The topological polar surface area (TPSA) is 98.2 Å². The Morgan fingerprint density at radius 3 is 2.00 bits per heavy atom. The summed E-state index contributed by atoms with van der Waals surface area (Å²) in [4.78, 5) is 56.0. The number of benzene rings is 3. The van der Waals surface area contributed by atoms with Crippen LogP contribution in [0.2, 0.25) is 0 Å². The molecule has 1 N–H and O–H groups in total. The highest BCUT2D eigenvalue weighted by Gasteiger charge is 2.34. The smallest absolute Gasteiger partial charge is 0.407 e. The monoisotopic (exact) mass is 601 g/mol. The van der Waals surface area contributed by atoms with E-state index < -0.39 is 6.09 Å². The molecule has 1 fully saturated rings. The van der Waals surface area contributed by atoms with Crippen molar-refractivity contribution in [3.8, 4) is 0 Å². The second-order valence-corrected chi connectivity index (χ2v) is 10.6. The molecule has 5 rings (SSSR count). The first-order valence-electron chi connectivity index (χ1n) is 13.1. The molecule has 2 aliphatic rings. The summed E-state index contributed by atoms with van der Waals surface area (Å²) in [6.07, 6.45) is -0.755. The molecule has 3 aromatic rings. The van der Waals surface area contributed by atoms with Crippen molar-refractivity contribution >= 4 is 45.2 Å². The minimum atomic E-state index is -0.992. The highest BCUT2D eigenvalue weighted by Crippen LogP contribution is 2.39. The maximum absolute atomic E-state index is 13.9. The van der Waals surface area contributed by atoms with Gasteiger partial charge in [0.2, 0.25) is 0 Å². The van der Waals surface area contributed by atoms with Gasteiger partial charge in [-0.25, -0.2) is 4.79 Å². The number of rotatable bonds is 5. The number of hydrogen-bond donors (Lipinski definition) is 1. The second-order valence-electron chi connectivity index (χ2n) is 9.70. The van der Waals surface area contributed by atoms with E-state index in [2.05, 4.69) is 15.9 Å². The maximum Gasteiger partial charge on any atom is 0.407 e. The van der Waals surface area contributed by atoms with E-state index >= 15 is 0 Å². The molecule has 8 nitrogen and oxygen atoms in total. The molecule has 0 saturated carbocycles. The number of ketones is 1. The zero-order chi connectivity index (χ0) is 28.4. The Morgan fingerprint density at radius 1 is 0.800 bits per heavy atom. The van der Waals surface area contributed by atoms with Crippen LogP contribution in [0.15, 0.2) is 83.0 Å². The lowest BCUT2D eigenvalue weighted by atomic mass is 9.86. The van der Waals surface area contributed by atoms with Gasteiger partial charge in [0.25, 0.3) is 11.8 Å². The highest BCUT2D eigenvalue weighted by atomic mass is 79.9. The van der Waals surface area contributed by atoms with Crippen molar-refractivity contribution in [3.05, 3.63) is 111 Å². The molecule has 204 valence electrons. The van der Waals surface area contributed by atoms with Gasteiger partial charge in [0.15, 0.2) is 5.78 Å². The number of piperazine rings is 1. The van der Waals surface area contributed by atoms with Crippen molar-refractivity contribution in [3.63, 3.8) is 0 Å². The van der Waals surface area contributed by atoms with E-state index in [1.165, 1.54) is 4.90 Å². The van der Waals surface area contributed by atoms with Crippen LogP contribution in [-0.4, -0.2) is 69.7 Å². The van der Waals surface area contributed by atoms with Crippen LogP contribution in [0, 0.1) is 0 Å². The molecular weight excluding hydrogens is 574 g/mol. The first kappa shape index (κ1) is 27.3. The number of carbonyl (C=O) groups excluding carboxylic acids is 3. The summed E-state index contributed by atoms with van der Waals surface area (Å²) in [6, 6.07) is 21.9. The minimum absolute atomic E-state index is 0.134. The van der Waals surface area contributed by atoms with Crippen molar-refractivity contribution in [1.29, 1.82) is 0 Å². The summed E-state index contributed by atoms with van der Waals surface area (Å²) < 4.78 is 0.882. The number of carbonyl (C=O) groups is 4. The fraction of sp³-hybridized carbons (Fsp3) is 0.226. The quantitative estimate of drug-likeness (QED) is 0.429. The standard InChI is InChI=1S/C31H28BrN3O5/c1-2-26(36)28-27(20-6-4-3-5-7-20)25-18-24(32)13-12-23(25)19-35(28)30(38)22-10-8-21(9-11-22)29(37)33-14-16-34(17-15-33)31(39)40/h3-13,18H,2,14-17,19H2,1H3,(H,39,40). The summed E-state index contributed by atoms with van der Waals surface area (Å²) in [5.41, 5.74) is 4.54. The Bertz CT molecular complexity index is 1510. The van der Waals surface area contributed by atoms with Crippen molar-refractivity contribution in [1.82, 2.24) is 14.7 Å². The lowest BCUT2D eigenvalue weighted by Crippen LogP contribution is -2.50. The molecule has 0 unspecified atom stereocenters.